The predicted octanol–water partition coefficient (Wildman–Crippen LogP) is -1.29. The summed E-state index contributed by atoms with van der Waals surface area (Å²) in [6.07, 6.45) is 0.167. The van der Waals surface area contributed by atoms with Crippen LogP contribution in [0, 0.1) is 0 Å². The molecule has 0 aromatic rings. The van der Waals surface area contributed by atoms with Gasteiger partial charge in [-0.2, -0.15) is 0 Å². The first-order valence-electron chi connectivity index (χ1n) is 6.51. The van der Waals surface area contributed by atoms with Gasteiger partial charge in [-0.3, -0.25) is 29.0 Å². The molecule has 0 heterocycles. The molecule has 1 unspecified atom stereocenters. The topological polar surface area (TPSA) is 156 Å². The van der Waals surface area contributed by atoms with E-state index in [-0.39, 0.29) is 19.5 Å². The number of hydrogen-bond donors (Lipinski definition) is 4. The van der Waals surface area contributed by atoms with Gasteiger partial charge in [-0.1, -0.05) is 6.92 Å². The molecule has 0 aromatic heterocycles. The summed E-state index contributed by atoms with van der Waals surface area (Å²) in [4.78, 5) is 45.5. The van der Waals surface area contributed by atoms with Crippen LogP contribution in [-0.2, 0) is 19.2 Å². The highest BCUT2D eigenvalue weighted by Gasteiger charge is 2.26. The third-order valence-corrected chi connectivity index (χ3v) is 2.87. The minimum Gasteiger partial charge on any atom is -0.480 e. The fourth-order valence-electron chi connectivity index (χ4n) is 1.97. The Kier molecular flexibility index (Phi) is 8.72. The molecule has 0 aliphatic heterocycles. The van der Waals surface area contributed by atoms with Gasteiger partial charge in [0, 0.05) is 13.1 Å². The second-order valence-electron chi connectivity index (χ2n) is 4.62. The van der Waals surface area contributed by atoms with Crippen LogP contribution < -0.4 is 0 Å². The molecule has 0 spiro atoms. The Labute approximate surface area is 126 Å². The SMILES string of the molecule is CCC(C(=O)O)N(CCN(CC(=O)O)CC(=O)O)CC(=O)O. The van der Waals surface area contributed by atoms with E-state index in [4.69, 9.17) is 20.4 Å². The molecule has 0 saturated carbocycles. The van der Waals surface area contributed by atoms with E-state index >= 15 is 0 Å². The van der Waals surface area contributed by atoms with Crippen LogP contribution in [0.15, 0.2) is 0 Å². The van der Waals surface area contributed by atoms with E-state index in [0.717, 1.165) is 4.90 Å². The van der Waals surface area contributed by atoms with E-state index in [1.807, 2.05) is 0 Å². The van der Waals surface area contributed by atoms with Gasteiger partial charge in [-0.15, -0.1) is 0 Å². The Morgan fingerprint density at radius 2 is 1.27 bits per heavy atom. The highest BCUT2D eigenvalue weighted by molar-refractivity contribution is 5.75. The van der Waals surface area contributed by atoms with E-state index in [0.29, 0.717) is 0 Å². The highest BCUT2D eigenvalue weighted by atomic mass is 16.4. The molecular formula is C12H20N2O8. The van der Waals surface area contributed by atoms with Gasteiger partial charge in [0.25, 0.3) is 0 Å². The van der Waals surface area contributed by atoms with Crippen LogP contribution in [-0.4, -0.2) is 92.9 Å². The molecular weight excluding hydrogens is 300 g/mol. The Hall–Kier alpha value is -2.20. The molecule has 0 radical (unpaired) electrons. The van der Waals surface area contributed by atoms with Crippen LogP contribution in [0.3, 0.4) is 0 Å². The van der Waals surface area contributed by atoms with Crippen LogP contribution in [0.2, 0.25) is 0 Å². The number of aliphatic carboxylic acids is 4. The predicted molar refractivity (Wildman–Crippen MR) is 72.6 cm³/mol. The lowest BCUT2D eigenvalue weighted by Crippen LogP contribution is -2.48. The lowest BCUT2D eigenvalue weighted by atomic mass is 10.2. The third-order valence-electron chi connectivity index (χ3n) is 2.87. The van der Waals surface area contributed by atoms with E-state index in [9.17, 15) is 19.2 Å². The summed E-state index contributed by atoms with van der Waals surface area (Å²) in [5.41, 5.74) is 0. The van der Waals surface area contributed by atoms with Crippen LogP contribution in [0.25, 0.3) is 0 Å². The molecule has 10 heteroatoms. The molecule has 0 aromatic carbocycles. The number of carbonyl (C=O) groups is 4. The summed E-state index contributed by atoms with van der Waals surface area (Å²) in [6, 6.07) is -1.03. The first-order chi connectivity index (χ1) is 10.2. The molecule has 0 amide bonds. The van der Waals surface area contributed by atoms with Crippen molar-refractivity contribution in [3.8, 4) is 0 Å². The first-order valence-corrected chi connectivity index (χ1v) is 6.51. The lowest BCUT2D eigenvalue weighted by molar-refractivity contribution is -0.148. The average Bonchev–Trinajstić information content (AvgIpc) is 2.33. The van der Waals surface area contributed by atoms with Crippen molar-refractivity contribution in [2.24, 2.45) is 0 Å². The zero-order valence-electron chi connectivity index (χ0n) is 12.1. The number of hydrogen-bond acceptors (Lipinski definition) is 6. The minimum atomic E-state index is -1.23. The summed E-state index contributed by atoms with van der Waals surface area (Å²) in [7, 11) is 0. The van der Waals surface area contributed by atoms with Crippen LogP contribution in [0.5, 0.6) is 0 Å². The maximum atomic E-state index is 11.1. The monoisotopic (exact) mass is 320 g/mol. The Bertz CT molecular complexity index is 409. The first kappa shape index (κ1) is 19.8. The second kappa shape index (κ2) is 9.68. The zero-order chi connectivity index (χ0) is 17.3. The normalized spacial score (nSPS) is 12.3. The van der Waals surface area contributed by atoms with Gasteiger partial charge in [-0.25, -0.2) is 0 Å². The molecule has 0 fully saturated rings. The number of nitrogens with zero attached hydrogens (tertiary/aromatic N) is 2. The average molecular weight is 320 g/mol. The van der Waals surface area contributed by atoms with Crippen molar-refractivity contribution in [1.82, 2.24) is 9.80 Å². The number of rotatable bonds is 12. The molecule has 22 heavy (non-hydrogen) atoms. The number of carboxylic acids is 4. The number of carboxylic acid groups (broad SMARTS) is 4. The second-order valence-corrected chi connectivity index (χ2v) is 4.62. The van der Waals surface area contributed by atoms with Crippen molar-refractivity contribution in [3.05, 3.63) is 0 Å². The molecule has 1 atom stereocenters. The van der Waals surface area contributed by atoms with Crippen molar-refractivity contribution >= 4 is 23.9 Å². The van der Waals surface area contributed by atoms with Gasteiger partial charge in [0.2, 0.25) is 0 Å². The van der Waals surface area contributed by atoms with Crippen molar-refractivity contribution in [2.45, 2.75) is 19.4 Å². The van der Waals surface area contributed by atoms with Gasteiger partial charge in [0.1, 0.15) is 6.04 Å². The van der Waals surface area contributed by atoms with Crippen molar-refractivity contribution in [1.29, 1.82) is 0 Å². The van der Waals surface area contributed by atoms with Crippen LogP contribution in [0.4, 0.5) is 0 Å². The molecule has 10 nitrogen and oxygen atoms in total. The lowest BCUT2D eigenvalue weighted by Gasteiger charge is -2.28. The largest absolute Gasteiger partial charge is 0.480 e. The Balaban J connectivity index is 4.87. The van der Waals surface area contributed by atoms with Gasteiger partial charge in [0.15, 0.2) is 0 Å². The minimum absolute atomic E-state index is 0.0718. The molecule has 0 aliphatic rings. The fraction of sp³-hybridized carbons (Fsp3) is 0.667. The Morgan fingerprint density at radius 3 is 1.59 bits per heavy atom. The molecule has 0 rings (SSSR count). The Morgan fingerprint density at radius 1 is 0.818 bits per heavy atom. The summed E-state index contributed by atoms with van der Waals surface area (Å²) in [5.74, 6) is -4.86. The maximum absolute atomic E-state index is 11.1. The summed E-state index contributed by atoms with van der Waals surface area (Å²) < 4.78 is 0. The van der Waals surface area contributed by atoms with E-state index in [1.165, 1.54) is 4.90 Å². The van der Waals surface area contributed by atoms with Gasteiger partial charge >= 0.3 is 23.9 Å². The molecule has 0 bridgehead atoms. The molecule has 4 N–H and O–H groups in total. The van der Waals surface area contributed by atoms with Gasteiger partial charge in [0.05, 0.1) is 19.6 Å². The van der Waals surface area contributed by atoms with E-state index in [2.05, 4.69) is 0 Å². The van der Waals surface area contributed by atoms with Gasteiger partial charge in [-0.05, 0) is 6.42 Å². The van der Waals surface area contributed by atoms with Crippen LogP contribution >= 0.6 is 0 Å². The maximum Gasteiger partial charge on any atom is 0.320 e. The molecule has 0 saturated heterocycles. The highest BCUT2D eigenvalue weighted by Crippen LogP contribution is 2.05. The van der Waals surface area contributed by atoms with Gasteiger partial charge < -0.3 is 20.4 Å². The van der Waals surface area contributed by atoms with E-state index < -0.39 is 49.6 Å². The van der Waals surface area contributed by atoms with Crippen molar-refractivity contribution in [2.75, 3.05) is 32.7 Å². The van der Waals surface area contributed by atoms with Crippen LogP contribution in [0.1, 0.15) is 13.3 Å². The fourth-order valence-corrected chi connectivity index (χ4v) is 1.97. The quantitative estimate of drug-likeness (QED) is 0.341. The standard InChI is InChI=1S/C12H20N2O8/c1-2-8(12(21)22)14(7-11(19)20)4-3-13(5-9(15)16)6-10(17)18/h8H,2-7H2,1H3,(H,15,16)(H,17,18)(H,19,20)(H,21,22). The summed E-state index contributed by atoms with van der Waals surface area (Å²) in [6.45, 7) is -0.153. The van der Waals surface area contributed by atoms with E-state index in [1.54, 1.807) is 6.92 Å². The summed E-state index contributed by atoms with van der Waals surface area (Å²) >= 11 is 0. The zero-order valence-corrected chi connectivity index (χ0v) is 12.1. The third kappa shape index (κ3) is 8.17. The summed E-state index contributed by atoms with van der Waals surface area (Å²) in [5, 5.41) is 35.3. The van der Waals surface area contributed by atoms with Crippen molar-refractivity contribution in [3.63, 3.8) is 0 Å². The molecule has 0 aliphatic carbocycles. The smallest absolute Gasteiger partial charge is 0.320 e. The molecule has 126 valence electrons. The van der Waals surface area contributed by atoms with Crippen molar-refractivity contribution < 1.29 is 39.6 Å².